The maximum atomic E-state index is 12.8. The third-order valence-corrected chi connectivity index (χ3v) is 4.33. The highest BCUT2D eigenvalue weighted by Gasteiger charge is 2.32. The van der Waals surface area contributed by atoms with Gasteiger partial charge < -0.3 is 9.30 Å². The average molecular weight is 305 g/mol. The fraction of sp³-hybridized carbons (Fsp3) is 0.263. The number of rotatable bonds is 5. The Labute approximate surface area is 135 Å². The van der Waals surface area contributed by atoms with E-state index in [9.17, 15) is 4.79 Å². The Morgan fingerprint density at radius 2 is 1.91 bits per heavy atom. The van der Waals surface area contributed by atoms with Crippen LogP contribution >= 0.6 is 0 Å². The van der Waals surface area contributed by atoms with Crippen LogP contribution in [0.25, 0.3) is 5.65 Å². The highest BCUT2D eigenvalue weighted by molar-refractivity contribution is 5.79. The molecule has 0 N–H and O–H groups in total. The van der Waals surface area contributed by atoms with Gasteiger partial charge in [-0.25, -0.2) is 4.98 Å². The van der Waals surface area contributed by atoms with Gasteiger partial charge in [0.2, 0.25) is 5.91 Å². The molecule has 1 aromatic carbocycles. The van der Waals surface area contributed by atoms with Crippen molar-refractivity contribution in [3.8, 4) is 0 Å². The minimum Gasteiger partial charge on any atom is -0.334 e. The summed E-state index contributed by atoms with van der Waals surface area (Å²) in [6.07, 6.45) is 6.56. The molecule has 0 radical (unpaired) electrons. The van der Waals surface area contributed by atoms with Gasteiger partial charge in [-0.3, -0.25) is 4.79 Å². The Hall–Kier alpha value is -2.62. The minimum atomic E-state index is 0.199. The molecule has 0 unspecified atom stereocenters. The molecule has 2 heterocycles. The lowest BCUT2D eigenvalue weighted by molar-refractivity contribution is -0.131. The monoisotopic (exact) mass is 305 g/mol. The quantitative estimate of drug-likeness (QED) is 0.726. The predicted molar refractivity (Wildman–Crippen MR) is 88.9 cm³/mol. The van der Waals surface area contributed by atoms with E-state index < -0.39 is 0 Å². The van der Waals surface area contributed by atoms with Gasteiger partial charge >= 0.3 is 0 Å². The fourth-order valence-electron chi connectivity index (χ4n) is 2.96. The number of nitrogens with zero attached hydrogens (tertiary/aromatic N) is 3. The summed E-state index contributed by atoms with van der Waals surface area (Å²) in [6.45, 7) is 0.627. The zero-order valence-electron chi connectivity index (χ0n) is 12.9. The van der Waals surface area contributed by atoms with Gasteiger partial charge in [0.1, 0.15) is 5.65 Å². The van der Waals surface area contributed by atoms with Gasteiger partial charge in [0, 0.05) is 12.2 Å². The fourth-order valence-corrected chi connectivity index (χ4v) is 2.96. The van der Waals surface area contributed by atoms with Crippen molar-refractivity contribution in [1.29, 1.82) is 0 Å². The summed E-state index contributed by atoms with van der Waals surface area (Å²) >= 11 is 0. The SMILES string of the molecule is O=C(Cc1ccccc1)N(Cc1cnc2ccccn12)C1CC1. The van der Waals surface area contributed by atoms with Crippen molar-refractivity contribution in [2.45, 2.75) is 31.8 Å². The Bertz CT molecular complexity index is 821. The summed E-state index contributed by atoms with van der Waals surface area (Å²) in [6, 6.07) is 16.3. The Morgan fingerprint density at radius 1 is 1.13 bits per heavy atom. The van der Waals surface area contributed by atoms with Gasteiger partial charge in [-0.15, -0.1) is 0 Å². The van der Waals surface area contributed by atoms with E-state index in [1.807, 2.05) is 65.8 Å². The van der Waals surface area contributed by atoms with Gasteiger partial charge in [0.25, 0.3) is 0 Å². The molecule has 1 amide bonds. The third kappa shape index (κ3) is 2.97. The molecular weight excluding hydrogens is 286 g/mol. The molecule has 4 rings (SSSR count). The third-order valence-electron chi connectivity index (χ3n) is 4.33. The van der Waals surface area contributed by atoms with E-state index in [2.05, 4.69) is 9.38 Å². The molecule has 0 bridgehead atoms. The molecule has 116 valence electrons. The van der Waals surface area contributed by atoms with Crippen LogP contribution in [0, 0.1) is 0 Å². The second kappa shape index (κ2) is 5.88. The summed E-state index contributed by atoms with van der Waals surface area (Å²) < 4.78 is 2.06. The Balaban J connectivity index is 1.55. The lowest BCUT2D eigenvalue weighted by Crippen LogP contribution is -2.34. The number of carbonyl (C=O) groups is 1. The normalized spacial score (nSPS) is 14.1. The molecule has 3 aromatic rings. The number of fused-ring (bicyclic) bond motifs is 1. The van der Waals surface area contributed by atoms with E-state index in [1.165, 1.54) is 0 Å². The van der Waals surface area contributed by atoms with Crippen LogP contribution < -0.4 is 0 Å². The Morgan fingerprint density at radius 3 is 2.70 bits per heavy atom. The molecule has 0 atom stereocenters. The first kappa shape index (κ1) is 14.0. The second-order valence-electron chi connectivity index (χ2n) is 6.09. The summed E-state index contributed by atoms with van der Waals surface area (Å²) in [5.74, 6) is 0.199. The molecule has 1 fully saturated rings. The van der Waals surface area contributed by atoms with Crippen molar-refractivity contribution in [2.24, 2.45) is 0 Å². The van der Waals surface area contributed by atoms with Crippen LogP contribution in [0.5, 0.6) is 0 Å². The van der Waals surface area contributed by atoms with E-state index in [-0.39, 0.29) is 5.91 Å². The van der Waals surface area contributed by atoms with Crippen molar-refractivity contribution >= 4 is 11.6 Å². The standard InChI is InChI=1S/C19H19N3O/c23-19(12-15-6-2-1-3-7-15)22(16-9-10-16)14-17-13-20-18-8-4-5-11-21(17)18/h1-8,11,13,16H,9-10,12,14H2. The second-order valence-corrected chi connectivity index (χ2v) is 6.09. The molecule has 1 aliphatic carbocycles. The van der Waals surface area contributed by atoms with Crippen molar-refractivity contribution in [3.05, 3.63) is 72.2 Å². The maximum Gasteiger partial charge on any atom is 0.227 e. The van der Waals surface area contributed by atoms with Crippen LogP contribution in [0.1, 0.15) is 24.1 Å². The number of hydrogen-bond acceptors (Lipinski definition) is 2. The first-order valence-corrected chi connectivity index (χ1v) is 8.05. The van der Waals surface area contributed by atoms with Crippen LogP contribution in [0.3, 0.4) is 0 Å². The zero-order valence-corrected chi connectivity index (χ0v) is 12.9. The van der Waals surface area contributed by atoms with Crippen molar-refractivity contribution in [3.63, 3.8) is 0 Å². The van der Waals surface area contributed by atoms with E-state index >= 15 is 0 Å². The summed E-state index contributed by atoms with van der Waals surface area (Å²) in [4.78, 5) is 19.2. The van der Waals surface area contributed by atoms with Gasteiger partial charge in [-0.05, 0) is 30.5 Å². The minimum absolute atomic E-state index is 0.199. The number of amides is 1. The molecule has 2 aromatic heterocycles. The highest BCUT2D eigenvalue weighted by atomic mass is 16.2. The summed E-state index contributed by atoms with van der Waals surface area (Å²) in [7, 11) is 0. The van der Waals surface area contributed by atoms with Gasteiger partial charge in [-0.1, -0.05) is 36.4 Å². The molecule has 0 spiro atoms. The number of aromatic nitrogens is 2. The predicted octanol–water partition coefficient (Wildman–Crippen LogP) is 3.07. The summed E-state index contributed by atoms with van der Waals surface area (Å²) in [5, 5.41) is 0. The molecule has 1 aliphatic rings. The number of carbonyl (C=O) groups excluding carboxylic acids is 1. The van der Waals surface area contributed by atoms with Crippen LogP contribution in [-0.4, -0.2) is 26.2 Å². The molecule has 1 saturated carbocycles. The number of pyridine rings is 1. The molecule has 0 aliphatic heterocycles. The summed E-state index contributed by atoms with van der Waals surface area (Å²) in [5.41, 5.74) is 3.06. The van der Waals surface area contributed by atoms with Crippen molar-refractivity contribution in [2.75, 3.05) is 0 Å². The molecule has 4 nitrogen and oxygen atoms in total. The molecular formula is C19H19N3O. The van der Waals surface area contributed by atoms with Gasteiger partial charge in [-0.2, -0.15) is 0 Å². The van der Waals surface area contributed by atoms with Crippen molar-refractivity contribution < 1.29 is 4.79 Å². The van der Waals surface area contributed by atoms with E-state index in [1.54, 1.807) is 0 Å². The van der Waals surface area contributed by atoms with Crippen LogP contribution in [0.15, 0.2) is 60.9 Å². The van der Waals surface area contributed by atoms with E-state index in [4.69, 9.17) is 0 Å². The highest BCUT2D eigenvalue weighted by Crippen LogP contribution is 2.29. The maximum absolute atomic E-state index is 12.8. The number of imidazole rings is 1. The average Bonchev–Trinajstić information content (AvgIpc) is 3.34. The van der Waals surface area contributed by atoms with E-state index in [0.29, 0.717) is 19.0 Å². The van der Waals surface area contributed by atoms with Crippen LogP contribution in [-0.2, 0) is 17.8 Å². The smallest absolute Gasteiger partial charge is 0.227 e. The lowest BCUT2D eigenvalue weighted by atomic mass is 10.1. The van der Waals surface area contributed by atoms with Crippen LogP contribution in [0.2, 0.25) is 0 Å². The number of hydrogen-bond donors (Lipinski definition) is 0. The zero-order chi connectivity index (χ0) is 15.6. The Kier molecular flexibility index (Phi) is 3.58. The topological polar surface area (TPSA) is 37.6 Å². The van der Waals surface area contributed by atoms with E-state index in [0.717, 1.165) is 29.7 Å². The molecule has 4 heteroatoms. The van der Waals surface area contributed by atoms with Crippen molar-refractivity contribution in [1.82, 2.24) is 14.3 Å². The van der Waals surface area contributed by atoms with Gasteiger partial charge in [0.15, 0.2) is 0 Å². The van der Waals surface area contributed by atoms with Crippen LogP contribution in [0.4, 0.5) is 0 Å². The lowest BCUT2D eigenvalue weighted by Gasteiger charge is -2.22. The number of benzene rings is 1. The molecule has 0 saturated heterocycles. The largest absolute Gasteiger partial charge is 0.334 e. The van der Waals surface area contributed by atoms with Gasteiger partial charge in [0.05, 0.1) is 24.9 Å². The first-order valence-electron chi connectivity index (χ1n) is 8.05. The molecule has 23 heavy (non-hydrogen) atoms. The first-order chi connectivity index (χ1) is 11.3.